The Morgan fingerprint density at radius 3 is 3.07 bits per heavy atom. The fourth-order valence-electron chi connectivity index (χ4n) is 3.75. The van der Waals surface area contributed by atoms with Crippen LogP contribution in [0.15, 0.2) is 28.4 Å². The van der Waals surface area contributed by atoms with Crippen molar-refractivity contribution in [1.29, 1.82) is 0 Å². The molecular weight excluding hydrogens is 364 g/mol. The number of amides is 2. The molecule has 144 valence electrons. The zero-order valence-electron chi connectivity index (χ0n) is 15.1. The van der Waals surface area contributed by atoms with E-state index in [0.29, 0.717) is 24.7 Å². The predicted molar refractivity (Wildman–Crippen MR) is 102 cm³/mol. The number of nitrogens with zero attached hydrogens (tertiary/aromatic N) is 2. The van der Waals surface area contributed by atoms with Crippen LogP contribution in [0.4, 0.5) is 0 Å². The van der Waals surface area contributed by atoms with Gasteiger partial charge in [0.15, 0.2) is 0 Å². The molecule has 2 N–H and O–H groups in total. The summed E-state index contributed by atoms with van der Waals surface area (Å²) in [7, 11) is 0. The molecule has 2 amide bonds. The van der Waals surface area contributed by atoms with E-state index in [2.05, 4.69) is 15.6 Å². The molecule has 0 radical (unpaired) electrons. The molecule has 0 aliphatic carbocycles. The average molecular weight is 388 g/mol. The van der Waals surface area contributed by atoms with Crippen molar-refractivity contribution in [2.45, 2.75) is 31.7 Å². The maximum Gasteiger partial charge on any atom is 0.273 e. The molecule has 2 aliphatic rings. The maximum atomic E-state index is 12.8. The minimum absolute atomic E-state index is 0.0329. The van der Waals surface area contributed by atoms with Crippen molar-refractivity contribution in [2.24, 2.45) is 5.92 Å². The summed E-state index contributed by atoms with van der Waals surface area (Å²) < 4.78 is 5.08. The Morgan fingerprint density at radius 1 is 1.37 bits per heavy atom. The SMILES string of the molecule is O=C(NCC1CCCN(C(=O)c2csc(-c3ccoc3)n2)C1)C1CCCN1. The van der Waals surface area contributed by atoms with Crippen molar-refractivity contribution >= 4 is 23.2 Å². The Labute approximate surface area is 162 Å². The summed E-state index contributed by atoms with van der Waals surface area (Å²) in [6.07, 6.45) is 7.17. The van der Waals surface area contributed by atoms with Crippen molar-refractivity contribution < 1.29 is 14.0 Å². The van der Waals surface area contributed by atoms with E-state index in [0.717, 1.165) is 49.3 Å². The Kier molecular flexibility index (Phi) is 5.54. The molecule has 8 heteroatoms. The second-order valence-electron chi connectivity index (χ2n) is 7.20. The van der Waals surface area contributed by atoms with Crippen LogP contribution in [0.5, 0.6) is 0 Å². The van der Waals surface area contributed by atoms with Crippen LogP contribution >= 0.6 is 11.3 Å². The highest BCUT2D eigenvalue weighted by atomic mass is 32.1. The third kappa shape index (κ3) is 4.22. The third-order valence-electron chi connectivity index (χ3n) is 5.24. The monoisotopic (exact) mass is 388 g/mol. The third-order valence-corrected chi connectivity index (χ3v) is 6.13. The van der Waals surface area contributed by atoms with Gasteiger partial charge in [-0.2, -0.15) is 0 Å². The number of piperidine rings is 1. The van der Waals surface area contributed by atoms with Gasteiger partial charge in [-0.25, -0.2) is 4.98 Å². The summed E-state index contributed by atoms with van der Waals surface area (Å²) in [4.78, 5) is 31.3. The molecule has 0 saturated carbocycles. The van der Waals surface area contributed by atoms with E-state index in [1.807, 2.05) is 16.3 Å². The van der Waals surface area contributed by atoms with Crippen LogP contribution < -0.4 is 10.6 Å². The predicted octanol–water partition coefficient (Wildman–Crippen LogP) is 2.12. The molecule has 4 heterocycles. The van der Waals surface area contributed by atoms with E-state index in [-0.39, 0.29) is 17.9 Å². The second-order valence-corrected chi connectivity index (χ2v) is 8.06. The summed E-state index contributed by atoms with van der Waals surface area (Å²) in [5.41, 5.74) is 1.37. The van der Waals surface area contributed by atoms with Crippen LogP contribution in [-0.4, -0.2) is 53.9 Å². The van der Waals surface area contributed by atoms with Gasteiger partial charge in [-0.1, -0.05) is 0 Å². The largest absolute Gasteiger partial charge is 0.472 e. The van der Waals surface area contributed by atoms with E-state index in [9.17, 15) is 9.59 Å². The number of thiazole rings is 1. The van der Waals surface area contributed by atoms with Gasteiger partial charge in [0.05, 0.1) is 12.3 Å². The maximum absolute atomic E-state index is 12.8. The van der Waals surface area contributed by atoms with Crippen LogP contribution in [0.3, 0.4) is 0 Å². The smallest absolute Gasteiger partial charge is 0.273 e. The van der Waals surface area contributed by atoms with Gasteiger partial charge < -0.3 is 20.0 Å². The number of likely N-dealkylation sites (tertiary alicyclic amines) is 1. The minimum atomic E-state index is -0.0531. The summed E-state index contributed by atoms with van der Waals surface area (Å²) in [6.45, 7) is 2.94. The van der Waals surface area contributed by atoms with Crippen molar-refractivity contribution in [1.82, 2.24) is 20.5 Å². The van der Waals surface area contributed by atoms with E-state index < -0.39 is 0 Å². The van der Waals surface area contributed by atoms with Crippen LogP contribution in [0.2, 0.25) is 0 Å². The Hall–Kier alpha value is -2.19. The number of aromatic nitrogens is 1. The lowest BCUT2D eigenvalue weighted by Gasteiger charge is -2.32. The van der Waals surface area contributed by atoms with Crippen molar-refractivity contribution in [3.8, 4) is 10.6 Å². The standard InChI is InChI=1S/C19H24N4O3S/c24-17(15-4-1-6-20-15)21-9-13-3-2-7-23(10-13)19(25)16-12-27-18(22-16)14-5-8-26-11-14/h5,8,11-13,15,20H,1-4,6-7,9-10H2,(H,21,24). The van der Waals surface area contributed by atoms with Gasteiger partial charge in [0.25, 0.3) is 5.91 Å². The molecule has 2 aromatic rings. The van der Waals surface area contributed by atoms with Crippen molar-refractivity contribution in [3.05, 3.63) is 29.7 Å². The topological polar surface area (TPSA) is 87.5 Å². The Bertz CT molecular complexity index is 783. The molecule has 2 atom stereocenters. The molecule has 2 unspecified atom stereocenters. The van der Waals surface area contributed by atoms with Gasteiger partial charge in [-0.15, -0.1) is 11.3 Å². The highest BCUT2D eigenvalue weighted by Gasteiger charge is 2.28. The molecule has 2 aromatic heterocycles. The molecule has 2 saturated heterocycles. The lowest BCUT2D eigenvalue weighted by molar-refractivity contribution is -0.123. The highest BCUT2D eigenvalue weighted by Crippen LogP contribution is 2.25. The number of hydrogen-bond acceptors (Lipinski definition) is 6. The van der Waals surface area contributed by atoms with E-state index in [1.54, 1.807) is 12.5 Å². The Morgan fingerprint density at radius 2 is 2.30 bits per heavy atom. The number of rotatable bonds is 5. The number of carbonyl (C=O) groups excluding carboxylic acids is 2. The lowest BCUT2D eigenvalue weighted by atomic mass is 9.97. The number of hydrogen-bond donors (Lipinski definition) is 2. The molecule has 0 aromatic carbocycles. The molecular formula is C19H24N4O3S. The van der Waals surface area contributed by atoms with Gasteiger partial charge in [0.2, 0.25) is 5.91 Å². The Balaban J connectivity index is 1.32. The van der Waals surface area contributed by atoms with Crippen LogP contribution in [0.1, 0.15) is 36.2 Å². The molecule has 7 nitrogen and oxygen atoms in total. The van der Waals surface area contributed by atoms with E-state index in [1.165, 1.54) is 11.3 Å². The lowest BCUT2D eigenvalue weighted by Crippen LogP contribution is -2.46. The van der Waals surface area contributed by atoms with Crippen molar-refractivity contribution in [2.75, 3.05) is 26.2 Å². The van der Waals surface area contributed by atoms with Gasteiger partial charge in [0.1, 0.15) is 17.0 Å². The van der Waals surface area contributed by atoms with Crippen LogP contribution in [0.25, 0.3) is 10.6 Å². The summed E-state index contributed by atoms with van der Waals surface area (Å²) >= 11 is 1.45. The fourth-order valence-corrected chi connectivity index (χ4v) is 4.53. The number of nitrogens with one attached hydrogen (secondary N) is 2. The van der Waals surface area contributed by atoms with Gasteiger partial charge in [-0.3, -0.25) is 9.59 Å². The molecule has 4 rings (SSSR count). The van der Waals surface area contributed by atoms with E-state index >= 15 is 0 Å². The number of carbonyl (C=O) groups is 2. The van der Waals surface area contributed by atoms with Gasteiger partial charge >= 0.3 is 0 Å². The zero-order chi connectivity index (χ0) is 18.6. The molecule has 2 fully saturated rings. The second kappa shape index (κ2) is 8.22. The molecule has 27 heavy (non-hydrogen) atoms. The summed E-state index contributed by atoms with van der Waals surface area (Å²) in [6, 6.07) is 1.79. The van der Waals surface area contributed by atoms with Gasteiger partial charge in [0, 0.05) is 30.6 Å². The van der Waals surface area contributed by atoms with Crippen LogP contribution in [-0.2, 0) is 4.79 Å². The minimum Gasteiger partial charge on any atom is -0.472 e. The first-order valence-corrected chi connectivity index (χ1v) is 10.4. The first kappa shape index (κ1) is 18.2. The molecule has 2 aliphatic heterocycles. The summed E-state index contributed by atoms with van der Waals surface area (Å²) in [5, 5.41) is 8.87. The normalized spacial score (nSPS) is 22.7. The van der Waals surface area contributed by atoms with Crippen molar-refractivity contribution in [3.63, 3.8) is 0 Å². The highest BCUT2D eigenvalue weighted by molar-refractivity contribution is 7.13. The average Bonchev–Trinajstić information content (AvgIpc) is 3.46. The molecule has 0 spiro atoms. The summed E-state index contributed by atoms with van der Waals surface area (Å²) in [5.74, 6) is 0.342. The van der Waals surface area contributed by atoms with Crippen LogP contribution in [0, 0.1) is 5.92 Å². The first-order valence-electron chi connectivity index (χ1n) is 9.49. The molecule has 0 bridgehead atoms. The fraction of sp³-hybridized carbons (Fsp3) is 0.526. The van der Waals surface area contributed by atoms with E-state index in [4.69, 9.17) is 4.42 Å². The van der Waals surface area contributed by atoms with Gasteiger partial charge in [-0.05, 0) is 44.2 Å². The zero-order valence-corrected chi connectivity index (χ0v) is 16.0. The first-order chi connectivity index (χ1) is 13.2. The quantitative estimate of drug-likeness (QED) is 0.819. The number of furan rings is 1.